The van der Waals surface area contributed by atoms with Gasteiger partial charge in [0.2, 0.25) is 6.29 Å². The van der Waals surface area contributed by atoms with E-state index < -0.39 is 18.3 Å². The zero-order chi connectivity index (χ0) is 14.5. The van der Waals surface area contributed by atoms with Gasteiger partial charge in [-0.1, -0.05) is 41.5 Å². The van der Waals surface area contributed by atoms with Gasteiger partial charge in [-0.25, -0.2) is 0 Å². The van der Waals surface area contributed by atoms with Crippen LogP contribution in [0.5, 0.6) is 0 Å². The van der Waals surface area contributed by atoms with Crippen molar-refractivity contribution in [2.45, 2.75) is 53.9 Å². The molecule has 0 aliphatic carbocycles. The molecule has 0 radical (unpaired) electrons. The molecule has 0 saturated heterocycles. The second kappa shape index (κ2) is 7.36. The Morgan fingerprint density at radius 1 is 0.833 bits per heavy atom. The number of carbonyl (C=O) groups is 2. The highest BCUT2D eigenvalue weighted by Crippen LogP contribution is 2.13. The lowest BCUT2D eigenvalue weighted by molar-refractivity contribution is -0.199. The van der Waals surface area contributed by atoms with Crippen LogP contribution in [0, 0.1) is 17.8 Å². The van der Waals surface area contributed by atoms with Crippen molar-refractivity contribution in [2.75, 3.05) is 0 Å². The van der Waals surface area contributed by atoms with E-state index in [0.717, 1.165) is 0 Å². The first kappa shape index (κ1) is 16.9. The topological polar surface area (TPSA) is 78.6 Å². The van der Waals surface area contributed by atoms with E-state index in [1.54, 1.807) is 13.8 Å². The van der Waals surface area contributed by atoms with Crippen molar-refractivity contribution in [1.29, 1.82) is 0 Å². The van der Waals surface area contributed by atoms with Gasteiger partial charge in [0.15, 0.2) is 0 Å². The molecule has 0 aromatic rings. The summed E-state index contributed by atoms with van der Waals surface area (Å²) in [5.74, 6) is -1.33. The zero-order valence-electron chi connectivity index (χ0n) is 12.1. The molecule has 2 N–H and O–H groups in total. The molecule has 2 atom stereocenters. The smallest absolute Gasteiger partial charge is 0.326 e. The fourth-order valence-electron chi connectivity index (χ4n) is 1.01. The molecule has 106 valence electrons. The number of rotatable bonds is 6. The molecule has 0 amide bonds. The summed E-state index contributed by atoms with van der Waals surface area (Å²) in [6.45, 7) is 10.7. The molecular formula is C13H25NO4. The SMILES string of the molecule is CC(C)C(=O)OC(OC(=O)[C@@H](N)C(C)C)C(C)C. The monoisotopic (exact) mass is 259 g/mol. The van der Waals surface area contributed by atoms with Gasteiger partial charge in [-0.2, -0.15) is 0 Å². The quantitative estimate of drug-likeness (QED) is 0.580. The lowest BCUT2D eigenvalue weighted by atomic mass is 10.1. The molecule has 0 aromatic heterocycles. The van der Waals surface area contributed by atoms with E-state index in [9.17, 15) is 9.59 Å². The number of hydrogen-bond acceptors (Lipinski definition) is 5. The summed E-state index contributed by atoms with van der Waals surface area (Å²) in [6.07, 6.45) is -0.878. The van der Waals surface area contributed by atoms with Crippen LogP contribution in [0.3, 0.4) is 0 Å². The lowest BCUT2D eigenvalue weighted by Crippen LogP contribution is -2.41. The van der Waals surface area contributed by atoms with Crippen molar-refractivity contribution in [3.05, 3.63) is 0 Å². The highest BCUT2D eigenvalue weighted by Gasteiger charge is 2.27. The Bertz CT molecular complexity index is 287. The molecule has 0 spiro atoms. The summed E-state index contributed by atoms with van der Waals surface area (Å²) < 4.78 is 10.3. The van der Waals surface area contributed by atoms with Crippen molar-refractivity contribution in [2.24, 2.45) is 23.5 Å². The van der Waals surface area contributed by atoms with E-state index in [-0.39, 0.29) is 23.7 Å². The maximum atomic E-state index is 11.7. The molecule has 0 saturated carbocycles. The summed E-state index contributed by atoms with van der Waals surface area (Å²) in [5, 5.41) is 0. The number of ether oxygens (including phenoxy) is 2. The van der Waals surface area contributed by atoms with Gasteiger partial charge in [-0.3, -0.25) is 9.59 Å². The Hall–Kier alpha value is -1.10. The third kappa shape index (κ3) is 5.49. The first-order valence-corrected chi connectivity index (χ1v) is 6.33. The van der Waals surface area contributed by atoms with Gasteiger partial charge in [0.1, 0.15) is 6.04 Å². The Morgan fingerprint density at radius 2 is 1.28 bits per heavy atom. The van der Waals surface area contributed by atoms with Crippen molar-refractivity contribution in [3.8, 4) is 0 Å². The molecule has 0 bridgehead atoms. The van der Waals surface area contributed by atoms with E-state index in [4.69, 9.17) is 15.2 Å². The van der Waals surface area contributed by atoms with E-state index in [1.807, 2.05) is 27.7 Å². The maximum absolute atomic E-state index is 11.7. The van der Waals surface area contributed by atoms with E-state index >= 15 is 0 Å². The Balaban J connectivity index is 4.55. The number of esters is 2. The van der Waals surface area contributed by atoms with Crippen molar-refractivity contribution in [1.82, 2.24) is 0 Å². The molecule has 0 fully saturated rings. The second-order valence-electron chi connectivity index (χ2n) is 5.41. The molecule has 0 aliphatic heterocycles. The van der Waals surface area contributed by atoms with Crippen LogP contribution in [0.15, 0.2) is 0 Å². The minimum absolute atomic E-state index is 0.0221. The molecule has 0 aromatic carbocycles. The number of nitrogens with two attached hydrogens (primary N) is 1. The minimum Gasteiger partial charge on any atom is -0.425 e. The van der Waals surface area contributed by atoms with Crippen LogP contribution >= 0.6 is 0 Å². The standard InChI is InChI=1S/C13H25NO4/c1-7(2)10(14)12(16)18-13(9(5)6)17-11(15)8(3)4/h7-10,13H,14H2,1-6H3/t10-,13?/m0/s1. The van der Waals surface area contributed by atoms with E-state index in [0.29, 0.717) is 0 Å². The maximum Gasteiger partial charge on any atom is 0.326 e. The largest absolute Gasteiger partial charge is 0.425 e. The van der Waals surface area contributed by atoms with Crippen LogP contribution in [-0.4, -0.2) is 24.3 Å². The summed E-state index contributed by atoms with van der Waals surface area (Å²) in [7, 11) is 0. The highest BCUT2D eigenvalue weighted by atomic mass is 16.7. The van der Waals surface area contributed by atoms with Gasteiger partial charge in [0.05, 0.1) is 5.92 Å². The molecule has 0 rings (SSSR count). The van der Waals surface area contributed by atoms with Gasteiger partial charge in [0, 0.05) is 5.92 Å². The normalized spacial score (nSPS) is 14.8. The van der Waals surface area contributed by atoms with Gasteiger partial charge < -0.3 is 15.2 Å². The van der Waals surface area contributed by atoms with Gasteiger partial charge in [-0.05, 0) is 5.92 Å². The van der Waals surface area contributed by atoms with Crippen molar-refractivity contribution in [3.63, 3.8) is 0 Å². The third-order valence-electron chi connectivity index (χ3n) is 2.47. The zero-order valence-corrected chi connectivity index (χ0v) is 12.1. The summed E-state index contributed by atoms with van der Waals surface area (Å²) in [6, 6.07) is -0.705. The Kier molecular flexibility index (Phi) is 6.91. The minimum atomic E-state index is -0.878. The first-order valence-electron chi connectivity index (χ1n) is 6.33. The van der Waals surface area contributed by atoms with Gasteiger partial charge in [0.25, 0.3) is 0 Å². The van der Waals surface area contributed by atoms with Crippen molar-refractivity contribution >= 4 is 11.9 Å². The molecule has 5 nitrogen and oxygen atoms in total. The summed E-state index contributed by atoms with van der Waals surface area (Å²) in [4.78, 5) is 23.2. The average Bonchev–Trinajstić information content (AvgIpc) is 2.26. The van der Waals surface area contributed by atoms with Gasteiger partial charge in [-0.15, -0.1) is 0 Å². The van der Waals surface area contributed by atoms with Crippen LogP contribution < -0.4 is 5.73 Å². The Morgan fingerprint density at radius 3 is 1.61 bits per heavy atom. The van der Waals surface area contributed by atoms with Crippen LogP contribution in [0.2, 0.25) is 0 Å². The third-order valence-corrected chi connectivity index (χ3v) is 2.47. The second-order valence-corrected chi connectivity index (χ2v) is 5.41. The van der Waals surface area contributed by atoms with Crippen LogP contribution in [0.1, 0.15) is 41.5 Å². The fraction of sp³-hybridized carbons (Fsp3) is 0.846. The molecular weight excluding hydrogens is 234 g/mol. The number of hydrogen-bond donors (Lipinski definition) is 1. The average molecular weight is 259 g/mol. The van der Waals surface area contributed by atoms with Crippen LogP contribution in [0.25, 0.3) is 0 Å². The molecule has 1 unspecified atom stereocenters. The summed E-state index contributed by atoms with van der Waals surface area (Å²) >= 11 is 0. The van der Waals surface area contributed by atoms with E-state index in [2.05, 4.69) is 0 Å². The lowest BCUT2D eigenvalue weighted by Gasteiger charge is -2.24. The summed E-state index contributed by atoms with van der Waals surface area (Å²) in [5.41, 5.74) is 5.68. The van der Waals surface area contributed by atoms with Crippen LogP contribution in [0.4, 0.5) is 0 Å². The Labute approximate surface area is 109 Å². The highest BCUT2D eigenvalue weighted by molar-refractivity contribution is 5.76. The van der Waals surface area contributed by atoms with Crippen LogP contribution in [-0.2, 0) is 19.1 Å². The molecule has 0 heterocycles. The van der Waals surface area contributed by atoms with Crippen molar-refractivity contribution < 1.29 is 19.1 Å². The predicted molar refractivity (Wildman–Crippen MR) is 68.5 cm³/mol. The van der Waals surface area contributed by atoms with E-state index in [1.165, 1.54) is 0 Å². The number of carbonyl (C=O) groups excluding carboxylic acids is 2. The molecule has 0 aliphatic rings. The predicted octanol–water partition coefficient (Wildman–Crippen LogP) is 1.69. The first-order chi connectivity index (χ1) is 8.16. The van der Waals surface area contributed by atoms with Gasteiger partial charge >= 0.3 is 11.9 Å². The fourth-order valence-corrected chi connectivity index (χ4v) is 1.01. The molecule has 5 heteroatoms. The molecule has 18 heavy (non-hydrogen) atoms.